The fraction of sp³-hybridized carbons (Fsp3) is 0.522. The quantitative estimate of drug-likeness (QED) is 0.347. The Hall–Kier alpha value is -2.06. The third-order valence-electron chi connectivity index (χ3n) is 6.29. The number of halogens is 2. The number of carbonyl (C=O) groups is 1. The highest BCUT2D eigenvalue weighted by Gasteiger charge is 2.24. The maximum absolute atomic E-state index is 14.0. The Bertz CT molecular complexity index is 934. The first-order valence-corrected chi connectivity index (χ1v) is 12.5. The number of amides is 1. The molecule has 0 N–H and O–H groups in total. The number of nitrogens with zero attached hydrogens (tertiary/aromatic N) is 5. The number of piperazine rings is 1. The van der Waals surface area contributed by atoms with E-state index in [0.717, 1.165) is 18.7 Å². The van der Waals surface area contributed by atoms with Crippen LogP contribution in [-0.4, -0.2) is 65.8 Å². The minimum absolute atomic E-state index is 0.0361. The average molecular weight is 478 g/mol. The van der Waals surface area contributed by atoms with Gasteiger partial charge in [0, 0.05) is 45.3 Å². The van der Waals surface area contributed by atoms with Gasteiger partial charge >= 0.3 is 0 Å². The highest BCUT2D eigenvalue weighted by molar-refractivity contribution is 7.99. The van der Waals surface area contributed by atoms with Gasteiger partial charge in [-0.2, -0.15) is 0 Å². The number of hydrogen-bond donors (Lipinski definition) is 0. The van der Waals surface area contributed by atoms with E-state index in [0.29, 0.717) is 48.2 Å². The number of hydrogen-bond acceptors (Lipinski definition) is 6. The third-order valence-corrected chi connectivity index (χ3v) is 7.32. The molecule has 1 saturated carbocycles. The molecule has 0 spiro atoms. The van der Waals surface area contributed by atoms with Gasteiger partial charge in [-0.15, -0.1) is 0 Å². The molecule has 0 bridgehead atoms. The zero-order valence-electron chi connectivity index (χ0n) is 18.3. The van der Waals surface area contributed by atoms with Crippen LogP contribution in [0.2, 0.25) is 5.15 Å². The molecule has 2 heterocycles. The smallest absolute Gasteiger partial charge is 0.233 e. The summed E-state index contributed by atoms with van der Waals surface area (Å²) in [6, 6.07) is 9.03. The summed E-state index contributed by atoms with van der Waals surface area (Å²) in [7, 11) is 2.06. The Morgan fingerprint density at radius 1 is 1.16 bits per heavy atom. The van der Waals surface area contributed by atoms with E-state index >= 15 is 0 Å². The van der Waals surface area contributed by atoms with E-state index < -0.39 is 0 Å². The molecule has 2 aromatic rings. The summed E-state index contributed by atoms with van der Waals surface area (Å²) in [5, 5.41) is 0.916. The van der Waals surface area contributed by atoms with Crippen LogP contribution in [0.15, 0.2) is 35.5 Å². The third kappa shape index (κ3) is 5.64. The molecule has 2 aliphatic rings. The summed E-state index contributed by atoms with van der Waals surface area (Å²) in [5.74, 6) is 0.876. The van der Waals surface area contributed by atoms with E-state index in [1.54, 1.807) is 18.2 Å². The Labute approximate surface area is 198 Å². The van der Waals surface area contributed by atoms with E-state index in [2.05, 4.69) is 21.9 Å². The van der Waals surface area contributed by atoms with Gasteiger partial charge in [-0.1, -0.05) is 54.8 Å². The van der Waals surface area contributed by atoms with E-state index in [1.807, 2.05) is 15.9 Å². The molecule has 1 aromatic carbocycles. The number of carbonyl (C=O) groups excluding carboxylic acids is 1. The molecule has 6 nitrogen and oxygen atoms in total. The topological polar surface area (TPSA) is 52.6 Å². The second kappa shape index (κ2) is 10.7. The van der Waals surface area contributed by atoms with E-state index in [9.17, 15) is 9.18 Å². The van der Waals surface area contributed by atoms with Gasteiger partial charge in [0.25, 0.3) is 0 Å². The number of benzene rings is 1. The van der Waals surface area contributed by atoms with Crippen LogP contribution >= 0.6 is 23.4 Å². The predicted octanol–water partition coefficient (Wildman–Crippen LogP) is 4.48. The molecule has 1 aliphatic heterocycles. The molecule has 1 aliphatic carbocycles. The lowest BCUT2D eigenvalue weighted by molar-refractivity contribution is -0.128. The summed E-state index contributed by atoms with van der Waals surface area (Å²) in [6.45, 7) is 2.36. The van der Waals surface area contributed by atoms with Crippen LogP contribution in [-0.2, 0) is 4.79 Å². The van der Waals surface area contributed by atoms with Crippen molar-refractivity contribution in [3.8, 4) is 0 Å². The zero-order valence-corrected chi connectivity index (χ0v) is 19.9. The number of anilines is 2. The summed E-state index contributed by atoms with van der Waals surface area (Å²) in [6.07, 6.45) is 6.12. The van der Waals surface area contributed by atoms with Gasteiger partial charge in [0.1, 0.15) is 16.8 Å². The molecule has 1 saturated heterocycles. The monoisotopic (exact) mass is 477 g/mol. The number of thioether (sulfide) groups is 1. The van der Waals surface area contributed by atoms with Gasteiger partial charge in [0.15, 0.2) is 5.16 Å². The molecule has 0 unspecified atom stereocenters. The number of aromatic nitrogens is 2. The second-order valence-corrected chi connectivity index (χ2v) is 9.67. The van der Waals surface area contributed by atoms with Crippen molar-refractivity contribution in [2.75, 3.05) is 48.8 Å². The van der Waals surface area contributed by atoms with Crippen molar-refractivity contribution < 1.29 is 9.18 Å². The molecule has 32 heavy (non-hydrogen) atoms. The van der Waals surface area contributed by atoms with E-state index in [4.69, 9.17) is 11.6 Å². The van der Waals surface area contributed by atoms with Crippen LogP contribution in [0.25, 0.3) is 0 Å². The maximum atomic E-state index is 14.0. The molecular weight excluding hydrogens is 449 g/mol. The minimum Gasteiger partial charge on any atom is -0.366 e. The predicted molar refractivity (Wildman–Crippen MR) is 128 cm³/mol. The maximum Gasteiger partial charge on any atom is 0.233 e. The van der Waals surface area contributed by atoms with Crippen molar-refractivity contribution in [1.82, 2.24) is 14.9 Å². The Morgan fingerprint density at radius 3 is 2.59 bits per heavy atom. The molecule has 9 heteroatoms. The fourth-order valence-corrected chi connectivity index (χ4v) is 5.39. The van der Waals surface area contributed by atoms with Gasteiger partial charge in [0.05, 0.1) is 11.4 Å². The fourth-order valence-electron chi connectivity index (χ4n) is 4.41. The van der Waals surface area contributed by atoms with Crippen molar-refractivity contribution in [2.45, 2.75) is 43.3 Å². The van der Waals surface area contributed by atoms with Crippen molar-refractivity contribution in [1.29, 1.82) is 0 Å². The molecule has 2 fully saturated rings. The van der Waals surface area contributed by atoms with E-state index in [-0.39, 0.29) is 17.5 Å². The minimum atomic E-state index is -0.227. The molecule has 1 amide bonds. The number of rotatable bonds is 6. The van der Waals surface area contributed by atoms with Crippen LogP contribution in [0.4, 0.5) is 15.9 Å². The Morgan fingerprint density at radius 2 is 1.88 bits per heavy atom. The van der Waals surface area contributed by atoms with Gasteiger partial charge in [0.2, 0.25) is 5.91 Å². The van der Waals surface area contributed by atoms with Crippen LogP contribution in [0.3, 0.4) is 0 Å². The number of para-hydroxylation sites is 1. The van der Waals surface area contributed by atoms with Crippen molar-refractivity contribution in [3.05, 3.63) is 41.3 Å². The second-order valence-electron chi connectivity index (χ2n) is 8.34. The standard InChI is InChI=1S/C23H29ClFN5OS/c1-28(17-7-3-2-4-8-17)21-15-20(24)26-23(27-21)32-16-22(31)30-13-11-29(12-14-30)19-10-6-5-9-18(19)25/h5-6,9-10,15,17H,2-4,7-8,11-14,16H2,1H3. The van der Waals surface area contributed by atoms with Gasteiger partial charge in [-0.05, 0) is 25.0 Å². The average Bonchev–Trinajstić information content (AvgIpc) is 2.83. The first kappa shape index (κ1) is 23.1. The van der Waals surface area contributed by atoms with Crippen LogP contribution in [0, 0.1) is 5.82 Å². The van der Waals surface area contributed by atoms with Crippen LogP contribution in [0.1, 0.15) is 32.1 Å². The zero-order chi connectivity index (χ0) is 22.5. The SMILES string of the molecule is CN(c1cc(Cl)nc(SCC(=O)N2CCN(c3ccccc3F)CC2)n1)C1CCCCC1. The molecular formula is C23H29ClFN5OS. The van der Waals surface area contributed by atoms with Crippen LogP contribution in [0.5, 0.6) is 0 Å². The largest absolute Gasteiger partial charge is 0.366 e. The summed E-state index contributed by atoms with van der Waals surface area (Å²) in [4.78, 5) is 27.7. The summed E-state index contributed by atoms with van der Waals surface area (Å²) in [5.41, 5.74) is 0.593. The Balaban J connectivity index is 1.31. The summed E-state index contributed by atoms with van der Waals surface area (Å²) >= 11 is 7.58. The normalized spacial score (nSPS) is 17.5. The Kier molecular flexibility index (Phi) is 7.73. The first-order chi connectivity index (χ1) is 15.5. The van der Waals surface area contributed by atoms with Crippen molar-refractivity contribution >= 4 is 40.8 Å². The highest BCUT2D eigenvalue weighted by Crippen LogP contribution is 2.28. The lowest BCUT2D eigenvalue weighted by Gasteiger charge is -2.36. The van der Waals surface area contributed by atoms with Gasteiger partial charge in [-0.25, -0.2) is 14.4 Å². The van der Waals surface area contributed by atoms with E-state index in [1.165, 1.54) is 37.1 Å². The summed E-state index contributed by atoms with van der Waals surface area (Å²) < 4.78 is 14.0. The van der Waals surface area contributed by atoms with Crippen molar-refractivity contribution in [2.24, 2.45) is 0 Å². The molecule has 0 atom stereocenters. The van der Waals surface area contributed by atoms with Gasteiger partial charge < -0.3 is 14.7 Å². The van der Waals surface area contributed by atoms with Crippen molar-refractivity contribution in [3.63, 3.8) is 0 Å². The molecule has 0 radical (unpaired) electrons. The molecule has 172 valence electrons. The van der Waals surface area contributed by atoms with Gasteiger partial charge in [-0.3, -0.25) is 4.79 Å². The molecule has 4 rings (SSSR count). The first-order valence-electron chi connectivity index (χ1n) is 11.2. The van der Waals surface area contributed by atoms with Crippen LogP contribution < -0.4 is 9.80 Å². The lowest BCUT2D eigenvalue weighted by atomic mass is 9.94. The lowest BCUT2D eigenvalue weighted by Crippen LogP contribution is -2.49. The highest BCUT2D eigenvalue weighted by atomic mass is 35.5. The molecule has 1 aromatic heterocycles.